The van der Waals surface area contributed by atoms with Crippen LogP contribution in [0.1, 0.15) is 24.5 Å². The molecule has 4 aromatic rings. The number of rotatable bonds is 8. The number of thioether (sulfide) groups is 1. The molecule has 38 heavy (non-hydrogen) atoms. The smallest absolute Gasteiger partial charge is 0.237 e. The zero-order valence-corrected chi connectivity index (χ0v) is 21.6. The highest BCUT2D eigenvalue weighted by molar-refractivity contribution is 8.00. The molecule has 0 saturated heterocycles. The Labute approximate surface area is 224 Å². The zero-order chi connectivity index (χ0) is 27.1. The van der Waals surface area contributed by atoms with Crippen molar-refractivity contribution in [2.45, 2.75) is 23.6 Å². The number of carbonyl (C=O) groups excluding carboxylic acids is 1. The number of ether oxygens (including phenoxy) is 1. The van der Waals surface area contributed by atoms with Crippen molar-refractivity contribution in [3.8, 4) is 40.3 Å². The van der Waals surface area contributed by atoms with E-state index in [1.807, 2.05) is 19.1 Å². The van der Waals surface area contributed by atoms with Gasteiger partial charge in [0.1, 0.15) is 28.7 Å². The van der Waals surface area contributed by atoms with E-state index < -0.39 is 11.1 Å². The van der Waals surface area contributed by atoms with Crippen LogP contribution in [0.25, 0.3) is 22.4 Å². The quantitative estimate of drug-likeness (QED) is 0.255. The predicted molar refractivity (Wildman–Crippen MR) is 146 cm³/mol. The maximum atomic E-state index is 14.1. The number of anilines is 1. The summed E-state index contributed by atoms with van der Waals surface area (Å²) in [6, 6.07) is 26.1. The van der Waals surface area contributed by atoms with Gasteiger partial charge >= 0.3 is 0 Å². The Hall–Kier alpha value is -4.66. The number of benzene rings is 3. The molecule has 1 aromatic heterocycles. The van der Waals surface area contributed by atoms with Gasteiger partial charge in [-0.15, -0.1) is 0 Å². The molecule has 1 amide bonds. The third-order valence-electron chi connectivity index (χ3n) is 5.84. The predicted octanol–water partition coefficient (Wildman–Crippen LogP) is 6.82. The lowest BCUT2D eigenvalue weighted by atomic mass is 9.99. The fraction of sp³-hybridized carbons (Fsp3) is 0.133. The Bertz CT molecular complexity index is 1560. The van der Waals surface area contributed by atoms with Crippen LogP contribution in [0.5, 0.6) is 5.75 Å². The maximum absolute atomic E-state index is 14.1. The Morgan fingerprint density at radius 1 is 1.03 bits per heavy atom. The van der Waals surface area contributed by atoms with Gasteiger partial charge in [0.15, 0.2) is 0 Å². The molecule has 1 N–H and O–H groups in total. The lowest BCUT2D eigenvalue weighted by molar-refractivity contribution is -0.115. The van der Waals surface area contributed by atoms with Crippen molar-refractivity contribution in [2.24, 2.45) is 0 Å². The van der Waals surface area contributed by atoms with E-state index in [2.05, 4.69) is 17.5 Å². The largest absolute Gasteiger partial charge is 0.497 e. The Morgan fingerprint density at radius 3 is 2.45 bits per heavy atom. The summed E-state index contributed by atoms with van der Waals surface area (Å²) in [5.74, 6) is -0.0545. The molecule has 0 radical (unpaired) electrons. The summed E-state index contributed by atoms with van der Waals surface area (Å²) in [5.41, 5.74) is 3.41. The van der Waals surface area contributed by atoms with E-state index in [1.165, 1.54) is 12.1 Å². The number of aromatic nitrogens is 1. The van der Waals surface area contributed by atoms with Crippen LogP contribution in [0.15, 0.2) is 83.9 Å². The summed E-state index contributed by atoms with van der Waals surface area (Å²) in [6.45, 7) is 1.86. The molecule has 0 fully saturated rings. The second-order valence-corrected chi connectivity index (χ2v) is 9.44. The highest BCUT2D eigenvalue weighted by Crippen LogP contribution is 2.37. The Kier molecular flexibility index (Phi) is 8.37. The molecule has 0 bridgehead atoms. The van der Waals surface area contributed by atoms with Gasteiger partial charge in [0.2, 0.25) is 5.91 Å². The average Bonchev–Trinajstić information content (AvgIpc) is 2.95. The molecule has 0 aliphatic rings. The summed E-state index contributed by atoms with van der Waals surface area (Å²) < 4.78 is 19.4. The van der Waals surface area contributed by atoms with E-state index in [0.717, 1.165) is 17.3 Å². The van der Waals surface area contributed by atoms with Gasteiger partial charge in [0.05, 0.1) is 34.9 Å². The molecule has 0 saturated carbocycles. The van der Waals surface area contributed by atoms with Crippen LogP contribution in [-0.2, 0) is 4.79 Å². The second kappa shape index (κ2) is 12.1. The Morgan fingerprint density at radius 2 is 1.79 bits per heavy atom. The van der Waals surface area contributed by atoms with Crippen molar-refractivity contribution < 1.29 is 13.9 Å². The summed E-state index contributed by atoms with van der Waals surface area (Å²) in [5, 5.41) is 22.1. The normalized spacial score (nSPS) is 11.2. The van der Waals surface area contributed by atoms with E-state index in [1.54, 1.807) is 61.7 Å². The van der Waals surface area contributed by atoms with Gasteiger partial charge < -0.3 is 10.1 Å². The average molecular weight is 523 g/mol. The number of methoxy groups -OCH3 is 1. The number of amides is 1. The fourth-order valence-electron chi connectivity index (χ4n) is 3.87. The van der Waals surface area contributed by atoms with Crippen molar-refractivity contribution in [3.05, 3.63) is 95.8 Å². The number of halogens is 1. The minimum atomic E-state index is -0.604. The zero-order valence-electron chi connectivity index (χ0n) is 20.7. The monoisotopic (exact) mass is 522 g/mol. The molecule has 188 valence electrons. The minimum absolute atomic E-state index is 0.251. The Balaban J connectivity index is 1.78. The highest BCUT2D eigenvalue weighted by Gasteiger charge is 2.24. The summed E-state index contributed by atoms with van der Waals surface area (Å²) in [4.78, 5) is 18.0. The van der Waals surface area contributed by atoms with Crippen molar-refractivity contribution in [2.75, 3.05) is 12.4 Å². The molecule has 4 rings (SSSR count). The van der Waals surface area contributed by atoms with Crippen LogP contribution >= 0.6 is 11.8 Å². The van der Waals surface area contributed by atoms with Crippen molar-refractivity contribution >= 4 is 23.4 Å². The summed E-state index contributed by atoms with van der Waals surface area (Å²) in [7, 11) is 1.58. The van der Waals surface area contributed by atoms with Crippen LogP contribution in [0.3, 0.4) is 0 Å². The van der Waals surface area contributed by atoms with E-state index >= 15 is 0 Å². The van der Waals surface area contributed by atoms with Gasteiger partial charge in [0.25, 0.3) is 0 Å². The van der Waals surface area contributed by atoms with Gasteiger partial charge in [-0.2, -0.15) is 10.5 Å². The number of nitrogens with zero attached hydrogens (tertiary/aromatic N) is 3. The van der Waals surface area contributed by atoms with E-state index in [0.29, 0.717) is 45.3 Å². The molecule has 1 heterocycles. The van der Waals surface area contributed by atoms with Gasteiger partial charge in [-0.05, 0) is 66.6 Å². The minimum Gasteiger partial charge on any atom is -0.497 e. The third kappa shape index (κ3) is 5.83. The molecule has 0 aliphatic carbocycles. The topological polar surface area (TPSA) is 98.8 Å². The van der Waals surface area contributed by atoms with Crippen LogP contribution in [0, 0.1) is 28.5 Å². The SMILES string of the molecule is CCC(Sc1nc(-c2ccc(OC)cc2)cc(-c2cccc(F)c2)c1C#N)C(=O)Nc1ccccc1C#N. The maximum Gasteiger partial charge on any atom is 0.237 e. The number of hydrogen-bond acceptors (Lipinski definition) is 6. The first kappa shape index (κ1) is 26.4. The van der Waals surface area contributed by atoms with Gasteiger partial charge in [-0.3, -0.25) is 4.79 Å². The lowest BCUT2D eigenvalue weighted by Gasteiger charge is -2.18. The third-order valence-corrected chi connectivity index (χ3v) is 7.19. The van der Waals surface area contributed by atoms with E-state index in [-0.39, 0.29) is 11.5 Å². The number of pyridine rings is 1. The van der Waals surface area contributed by atoms with Gasteiger partial charge in [-0.25, -0.2) is 9.37 Å². The standard InChI is InChI=1S/C30H23FN4O2S/c1-3-28(29(36)34-26-10-5-4-7-21(26)17-32)38-30-25(18-33)24(20-8-6-9-22(31)15-20)16-27(35-30)19-11-13-23(37-2)14-12-19/h4-16,28H,3H2,1-2H3,(H,34,36). The molecule has 1 atom stereocenters. The first-order valence-electron chi connectivity index (χ1n) is 11.8. The molecule has 1 unspecified atom stereocenters. The second-order valence-electron chi connectivity index (χ2n) is 8.25. The van der Waals surface area contributed by atoms with Crippen LogP contribution in [0.4, 0.5) is 10.1 Å². The first-order chi connectivity index (χ1) is 18.5. The van der Waals surface area contributed by atoms with Crippen LogP contribution in [0.2, 0.25) is 0 Å². The van der Waals surface area contributed by atoms with Crippen molar-refractivity contribution in [1.82, 2.24) is 4.98 Å². The molecular weight excluding hydrogens is 499 g/mol. The number of para-hydroxylation sites is 1. The molecule has 0 aliphatic heterocycles. The van der Waals surface area contributed by atoms with Crippen LogP contribution < -0.4 is 10.1 Å². The first-order valence-corrected chi connectivity index (χ1v) is 12.7. The highest BCUT2D eigenvalue weighted by atomic mass is 32.2. The van der Waals surface area contributed by atoms with Crippen LogP contribution in [-0.4, -0.2) is 23.3 Å². The molecule has 0 spiro atoms. The van der Waals surface area contributed by atoms with E-state index in [4.69, 9.17) is 9.72 Å². The molecular formula is C30H23FN4O2S. The van der Waals surface area contributed by atoms with E-state index in [9.17, 15) is 19.7 Å². The number of hydrogen-bond donors (Lipinski definition) is 1. The van der Waals surface area contributed by atoms with Gasteiger partial charge in [0, 0.05) is 11.1 Å². The number of carbonyl (C=O) groups is 1. The molecule has 6 nitrogen and oxygen atoms in total. The molecule has 3 aromatic carbocycles. The number of nitriles is 2. The summed E-state index contributed by atoms with van der Waals surface area (Å²) in [6.07, 6.45) is 0.444. The van der Waals surface area contributed by atoms with Gasteiger partial charge in [-0.1, -0.05) is 43.0 Å². The van der Waals surface area contributed by atoms with Crippen molar-refractivity contribution in [3.63, 3.8) is 0 Å². The number of nitrogens with one attached hydrogen (secondary N) is 1. The lowest BCUT2D eigenvalue weighted by Crippen LogP contribution is -2.25. The summed E-state index contributed by atoms with van der Waals surface area (Å²) >= 11 is 1.16. The van der Waals surface area contributed by atoms with Crippen molar-refractivity contribution in [1.29, 1.82) is 10.5 Å². The fourth-order valence-corrected chi connectivity index (χ4v) is 4.89. The molecule has 8 heteroatoms.